The number of carbonyl (C=O) groups is 1. The van der Waals surface area contributed by atoms with Gasteiger partial charge < -0.3 is 9.64 Å². The molecule has 32 heavy (non-hydrogen) atoms. The first-order valence-electron chi connectivity index (χ1n) is 11.6. The molecule has 1 amide bonds. The number of nitrogens with zero attached hydrogens (tertiary/aromatic N) is 3. The first-order valence-corrected chi connectivity index (χ1v) is 12.4. The second kappa shape index (κ2) is 11.4. The standard InChI is InChI=1S/C26H35N3O2S/c1-6-9-18-31-22-13-11-21(12-14-22)25(30)29(17-16-28(7-2)8-3)26-27-24-20(5)19(4)10-15-23(24)32-26/h10-15H,6-9,16-18H2,1-5H3. The van der Waals surface area contributed by atoms with Crippen LogP contribution in [0.15, 0.2) is 36.4 Å². The third kappa shape index (κ3) is 5.67. The van der Waals surface area contributed by atoms with Crippen molar-refractivity contribution in [2.45, 2.75) is 47.5 Å². The Morgan fingerprint density at radius 1 is 1.00 bits per heavy atom. The Hall–Kier alpha value is -2.44. The zero-order chi connectivity index (χ0) is 23.1. The van der Waals surface area contributed by atoms with Crippen molar-refractivity contribution in [3.63, 3.8) is 0 Å². The molecular weight excluding hydrogens is 418 g/mol. The van der Waals surface area contributed by atoms with Crippen LogP contribution in [0, 0.1) is 13.8 Å². The predicted octanol–water partition coefficient (Wildman–Crippen LogP) is 6.08. The van der Waals surface area contributed by atoms with Gasteiger partial charge in [0.2, 0.25) is 0 Å². The van der Waals surface area contributed by atoms with Gasteiger partial charge >= 0.3 is 0 Å². The number of likely N-dealkylation sites (N-methyl/N-ethyl adjacent to an activating group) is 1. The van der Waals surface area contributed by atoms with Crippen LogP contribution in [0.4, 0.5) is 5.13 Å². The van der Waals surface area contributed by atoms with Crippen LogP contribution in [0.5, 0.6) is 5.75 Å². The van der Waals surface area contributed by atoms with E-state index in [0.29, 0.717) is 18.7 Å². The molecule has 1 heterocycles. The Balaban J connectivity index is 1.88. The minimum Gasteiger partial charge on any atom is -0.494 e. The molecule has 3 aromatic rings. The SMILES string of the molecule is CCCCOc1ccc(C(=O)N(CCN(CC)CC)c2nc3c(C)c(C)ccc3s2)cc1. The summed E-state index contributed by atoms with van der Waals surface area (Å²) >= 11 is 1.59. The summed E-state index contributed by atoms with van der Waals surface area (Å²) < 4.78 is 6.87. The number of hydrogen-bond acceptors (Lipinski definition) is 5. The number of hydrogen-bond donors (Lipinski definition) is 0. The topological polar surface area (TPSA) is 45.7 Å². The van der Waals surface area contributed by atoms with E-state index in [2.05, 4.69) is 51.7 Å². The van der Waals surface area contributed by atoms with Crippen LogP contribution in [0.1, 0.15) is 55.1 Å². The van der Waals surface area contributed by atoms with Gasteiger partial charge in [0.05, 0.1) is 16.8 Å². The first kappa shape index (κ1) is 24.2. The fourth-order valence-electron chi connectivity index (χ4n) is 3.58. The van der Waals surface area contributed by atoms with Crippen LogP contribution in [0.25, 0.3) is 10.2 Å². The molecular formula is C26H35N3O2S. The van der Waals surface area contributed by atoms with Crippen LogP contribution >= 0.6 is 11.3 Å². The van der Waals surface area contributed by atoms with Crippen molar-refractivity contribution in [2.24, 2.45) is 0 Å². The van der Waals surface area contributed by atoms with Crippen LogP contribution in [-0.4, -0.2) is 48.6 Å². The highest BCUT2D eigenvalue weighted by Crippen LogP contribution is 2.32. The number of aromatic nitrogens is 1. The number of benzene rings is 2. The summed E-state index contributed by atoms with van der Waals surface area (Å²) in [7, 11) is 0. The van der Waals surface area contributed by atoms with E-state index in [-0.39, 0.29) is 5.91 Å². The van der Waals surface area contributed by atoms with Gasteiger partial charge in [-0.05, 0) is 74.8 Å². The first-order chi connectivity index (χ1) is 15.5. The number of amides is 1. The van der Waals surface area contributed by atoms with Crippen molar-refractivity contribution >= 4 is 32.6 Å². The van der Waals surface area contributed by atoms with Crippen molar-refractivity contribution in [1.29, 1.82) is 0 Å². The highest BCUT2D eigenvalue weighted by Gasteiger charge is 2.22. The van der Waals surface area contributed by atoms with E-state index in [0.717, 1.165) is 53.6 Å². The summed E-state index contributed by atoms with van der Waals surface area (Å²) in [6.07, 6.45) is 2.12. The van der Waals surface area contributed by atoms with Gasteiger partial charge in [-0.3, -0.25) is 9.69 Å². The molecule has 5 nitrogen and oxygen atoms in total. The van der Waals surface area contributed by atoms with Gasteiger partial charge in [-0.2, -0.15) is 0 Å². The number of rotatable bonds is 11. The van der Waals surface area contributed by atoms with E-state index in [9.17, 15) is 4.79 Å². The zero-order valence-corrected chi connectivity index (χ0v) is 20.8. The molecule has 6 heteroatoms. The summed E-state index contributed by atoms with van der Waals surface area (Å²) in [5.74, 6) is 0.779. The summed E-state index contributed by atoms with van der Waals surface area (Å²) in [5.41, 5.74) is 4.04. The third-order valence-electron chi connectivity index (χ3n) is 5.95. The number of carbonyl (C=O) groups excluding carboxylic acids is 1. The van der Waals surface area contributed by atoms with E-state index in [1.54, 1.807) is 11.3 Å². The Labute approximate surface area is 196 Å². The van der Waals surface area contributed by atoms with Crippen LogP contribution in [-0.2, 0) is 0 Å². The van der Waals surface area contributed by atoms with Gasteiger partial charge in [0, 0.05) is 18.7 Å². The Morgan fingerprint density at radius 3 is 2.38 bits per heavy atom. The maximum absolute atomic E-state index is 13.6. The number of aryl methyl sites for hydroxylation is 2. The van der Waals surface area contributed by atoms with E-state index >= 15 is 0 Å². The van der Waals surface area contributed by atoms with Crippen molar-refractivity contribution < 1.29 is 9.53 Å². The molecule has 2 aromatic carbocycles. The van der Waals surface area contributed by atoms with Gasteiger partial charge in [0.25, 0.3) is 5.91 Å². The number of anilines is 1. The molecule has 0 atom stereocenters. The van der Waals surface area contributed by atoms with Crippen molar-refractivity contribution in [1.82, 2.24) is 9.88 Å². The summed E-state index contributed by atoms with van der Waals surface area (Å²) in [4.78, 5) is 22.6. The third-order valence-corrected chi connectivity index (χ3v) is 7.00. The minimum atomic E-state index is -0.0225. The molecule has 0 spiro atoms. The highest BCUT2D eigenvalue weighted by molar-refractivity contribution is 7.22. The lowest BCUT2D eigenvalue weighted by molar-refractivity contribution is 0.0983. The zero-order valence-electron chi connectivity index (χ0n) is 20.0. The molecule has 0 N–H and O–H groups in total. The average molecular weight is 454 g/mol. The van der Waals surface area contributed by atoms with Gasteiger partial charge in [0.1, 0.15) is 5.75 Å². The lowest BCUT2D eigenvalue weighted by Gasteiger charge is -2.24. The molecule has 172 valence electrons. The molecule has 0 bridgehead atoms. The number of thiazole rings is 1. The van der Waals surface area contributed by atoms with Crippen LogP contribution in [0.3, 0.4) is 0 Å². The Bertz CT molecular complexity index is 1030. The number of ether oxygens (including phenoxy) is 1. The summed E-state index contributed by atoms with van der Waals surface area (Å²) in [6.45, 7) is 14.7. The maximum Gasteiger partial charge on any atom is 0.260 e. The van der Waals surface area contributed by atoms with Crippen molar-refractivity contribution in [3.05, 3.63) is 53.1 Å². The Morgan fingerprint density at radius 2 is 1.72 bits per heavy atom. The minimum absolute atomic E-state index is 0.0225. The molecule has 0 aliphatic heterocycles. The van der Waals surface area contributed by atoms with E-state index in [1.807, 2.05) is 29.2 Å². The Kier molecular flexibility index (Phi) is 8.65. The number of fused-ring (bicyclic) bond motifs is 1. The molecule has 0 fully saturated rings. The fourth-order valence-corrected chi connectivity index (χ4v) is 4.63. The van der Waals surface area contributed by atoms with E-state index in [4.69, 9.17) is 9.72 Å². The summed E-state index contributed by atoms with van der Waals surface area (Å²) in [5, 5.41) is 0.758. The molecule has 0 radical (unpaired) electrons. The normalized spacial score (nSPS) is 11.3. The van der Waals surface area contributed by atoms with E-state index in [1.165, 1.54) is 11.1 Å². The van der Waals surface area contributed by atoms with Gasteiger partial charge in [0.15, 0.2) is 5.13 Å². The predicted molar refractivity (Wildman–Crippen MR) is 135 cm³/mol. The molecule has 0 aliphatic carbocycles. The molecule has 1 aromatic heterocycles. The maximum atomic E-state index is 13.6. The summed E-state index contributed by atoms with van der Waals surface area (Å²) in [6, 6.07) is 11.7. The second-order valence-corrected chi connectivity index (χ2v) is 9.07. The number of unbranched alkanes of at least 4 members (excludes halogenated alkanes) is 1. The van der Waals surface area contributed by atoms with Crippen LogP contribution in [0.2, 0.25) is 0 Å². The molecule has 0 saturated heterocycles. The van der Waals surface area contributed by atoms with Crippen molar-refractivity contribution in [2.75, 3.05) is 37.7 Å². The van der Waals surface area contributed by atoms with Crippen molar-refractivity contribution in [3.8, 4) is 5.75 Å². The van der Waals surface area contributed by atoms with Gasteiger partial charge in [-0.1, -0.05) is 44.6 Å². The lowest BCUT2D eigenvalue weighted by atomic mass is 10.1. The molecule has 0 aliphatic rings. The monoisotopic (exact) mass is 453 g/mol. The van der Waals surface area contributed by atoms with Gasteiger partial charge in [-0.15, -0.1) is 0 Å². The van der Waals surface area contributed by atoms with Crippen LogP contribution < -0.4 is 9.64 Å². The quantitative estimate of drug-likeness (QED) is 0.330. The van der Waals surface area contributed by atoms with Gasteiger partial charge in [-0.25, -0.2) is 4.98 Å². The lowest BCUT2D eigenvalue weighted by Crippen LogP contribution is -2.38. The molecule has 3 rings (SSSR count). The highest BCUT2D eigenvalue weighted by atomic mass is 32.1. The molecule has 0 saturated carbocycles. The smallest absolute Gasteiger partial charge is 0.260 e. The second-order valence-electron chi connectivity index (χ2n) is 8.06. The largest absolute Gasteiger partial charge is 0.494 e. The average Bonchev–Trinajstić information content (AvgIpc) is 3.24. The molecule has 0 unspecified atom stereocenters. The fraction of sp³-hybridized carbons (Fsp3) is 0.462. The van der Waals surface area contributed by atoms with E-state index < -0.39 is 0 Å².